The van der Waals surface area contributed by atoms with Gasteiger partial charge < -0.3 is 0 Å². The van der Waals surface area contributed by atoms with Gasteiger partial charge in [-0.2, -0.15) is 0 Å². The quantitative estimate of drug-likeness (QED) is 0.430. The number of nitrogens with zero attached hydrogens (tertiary/aromatic N) is 2. The van der Waals surface area contributed by atoms with E-state index in [1.54, 1.807) is 0 Å². The molecule has 1 heterocycles. The molecule has 0 N–H and O–H groups in total. The normalized spacial score (nSPS) is 19.8. The van der Waals surface area contributed by atoms with Crippen molar-refractivity contribution in [2.24, 2.45) is 0 Å². The van der Waals surface area contributed by atoms with Gasteiger partial charge in [0.2, 0.25) is 0 Å². The van der Waals surface area contributed by atoms with Gasteiger partial charge in [0.1, 0.15) is 0 Å². The topological polar surface area (TPSA) is 23.6 Å². The summed E-state index contributed by atoms with van der Waals surface area (Å²) in [5, 5.41) is 0. The third-order valence-corrected chi connectivity index (χ3v) is 8.05. The summed E-state index contributed by atoms with van der Waals surface area (Å²) >= 11 is -1.12. The molecular weight excluding hydrogens is 336 g/mol. The van der Waals surface area contributed by atoms with Gasteiger partial charge in [0.05, 0.1) is 0 Å². The molecule has 0 aromatic carbocycles. The van der Waals surface area contributed by atoms with Crippen LogP contribution in [0.1, 0.15) is 6.92 Å². The molecule has 0 aromatic heterocycles. The molecule has 1 aliphatic rings. The Kier molecular flexibility index (Phi) is 4.84. The van der Waals surface area contributed by atoms with E-state index in [0.29, 0.717) is 13.1 Å². The Balaban J connectivity index is 2.46. The standard InChI is InChI=1S/C9H16F3IN2O/c1-3-13(2)15-6-4-14(5-7-15)8(16)9(10,11)12/h3-7H2,1-2H3. The van der Waals surface area contributed by atoms with E-state index in [1.165, 1.54) is 0 Å². The van der Waals surface area contributed by atoms with Crippen molar-refractivity contribution < 1.29 is 18.0 Å². The van der Waals surface area contributed by atoms with Crippen LogP contribution >= 0.6 is 20.1 Å². The van der Waals surface area contributed by atoms with Crippen molar-refractivity contribution in [1.29, 1.82) is 0 Å². The maximum atomic E-state index is 12.2. The van der Waals surface area contributed by atoms with Crippen LogP contribution in [0.4, 0.5) is 13.2 Å². The maximum absolute atomic E-state index is 12.2. The summed E-state index contributed by atoms with van der Waals surface area (Å²) in [6.07, 6.45) is -4.72. The van der Waals surface area contributed by atoms with Crippen molar-refractivity contribution in [2.45, 2.75) is 13.1 Å². The van der Waals surface area contributed by atoms with Crippen LogP contribution in [0.3, 0.4) is 0 Å². The van der Waals surface area contributed by atoms with Gasteiger partial charge in [-0.05, 0) is 0 Å². The fraction of sp³-hybridized carbons (Fsp3) is 0.889. The van der Waals surface area contributed by atoms with Gasteiger partial charge in [-0.25, -0.2) is 0 Å². The summed E-state index contributed by atoms with van der Waals surface area (Å²) in [6.45, 7) is 3.71. The Labute approximate surface area is 101 Å². The number of rotatable bonds is 2. The molecule has 0 unspecified atom stereocenters. The minimum atomic E-state index is -4.72. The van der Waals surface area contributed by atoms with Crippen molar-refractivity contribution in [3.63, 3.8) is 0 Å². The van der Waals surface area contributed by atoms with E-state index >= 15 is 0 Å². The van der Waals surface area contributed by atoms with Crippen molar-refractivity contribution >= 4 is 26.0 Å². The molecule has 16 heavy (non-hydrogen) atoms. The Morgan fingerprint density at radius 2 is 1.75 bits per heavy atom. The van der Waals surface area contributed by atoms with Crippen molar-refractivity contribution in [3.8, 4) is 0 Å². The number of carbonyl (C=O) groups excluding carboxylic acids is 1. The van der Waals surface area contributed by atoms with Crippen LogP contribution in [0.5, 0.6) is 0 Å². The van der Waals surface area contributed by atoms with Crippen LogP contribution in [0.2, 0.25) is 0 Å². The molecule has 1 rings (SSSR count). The molecule has 0 spiro atoms. The second-order valence-electron chi connectivity index (χ2n) is 3.52. The van der Waals surface area contributed by atoms with Gasteiger partial charge in [0.15, 0.2) is 0 Å². The second kappa shape index (κ2) is 5.52. The Hall–Kier alpha value is -0.0500. The Morgan fingerprint density at radius 3 is 2.12 bits per heavy atom. The van der Waals surface area contributed by atoms with Crippen LogP contribution < -0.4 is 0 Å². The molecule has 0 aromatic rings. The first-order valence-electron chi connectivity index (χ1n) is 5.03. The first-order chi connectivity index (χ1) is 7.36. The zero-order valence-corrected chi connectivity index (χ0v) is 11.5. The molecule has 96 valence electrons. The third kappa shape index (κ3) is 3.47. The van der Waals surface area contributed by atoms with Crippen LogP contribution in [0.25, 0.3) is 0 Å². The third-order valence-electron chi connectivity index (χ3n) is 2.55. The number of alkyl halides is 5. The molecule has 7 heteroatoms. The van der Waals surface area contributed by atoms with E-state index in [4.69, 9.17) is 0 Å². The van der Waals surface area contributed by atoms with Crippen molar-refractivity contribution in [3.05, 3.63) is 0 Å². The number of carbonyl (C=O) groups is 1. The summed E-state index contributed by atoms with van der Waals surface area (Å²) in [4.78, 5) is 14.1. The summed E-state index contributed by atoms with van der Waals surface area (Å²) in [7, 11) is 0. The van der Waals surface area contributed by atoms with Crippen LogP contribution in [-0.2, 0) is 4.79 Å². The molecule has 0 aliphatic carbocycles. The van der Waals surface area contributed by atoms with Gasteiger partial charge in [0.25, 0.3) is 0 Å². The summed E-state index contributed by atoms with van der Waals surface area (Å²) < 4.78 is 39.9. The average Bonchev–Trinajstić information content (AvgIpc) is 2.26. The molecule has 0 radical (unpaired) electrons. The Morgan fingerprint density at radius 1 is 1.25 bits per heavy atom. The number of hydrogen-bond donors (Lipinski definition) is 0. The van der Waals surface area contributed by atoms with E-state index < -0.39 is 32.2 Å². The summed E-state index contributed by atoms with van der Waals surface area (Å²) in [5.74, 6) is -1.69. The molecule has 3 nitrogen and oxygen atoms in total. The first-order valence-corrected chi connectivity index (χ1v) is 9.68. The zero-order valence-electron chi connectivity index (χ0n) is 9.35. The monoisotopic (exact) mass is 352 g/mol. The fourth-order valence-electron chi connectivity index (χ4n) is 1.52. The van der Waals surface area contributed by atoms with Gasteiger partial charge in [-0.1, -0.05) is 0 Å². The van der Waals surface area contributed by atoms with Crippen molar-refractivity contribution in [2.75, 3.05) is 35.5 Å². The van der Waals surface area contributed by atoms with E-state index in [0.717, 1.165) is 9.33 Å². The molecule has 0 saturated carbocycles. The number of halogens is 4. The molecule has 1 fully saturated rings. The van der Waals surface area contributed by atoms with Gasteiger partial charge in [0, 0.05) is 0 Å². The first kappa shape index (κ1) is 14.0. The minimum absolute atomic E-state index is 0.208. The average molecular weight is 352 g/mol. The van der Waals surface area contributed by atoms with Crippen LogP contribution in [0.15, 0.2) is 0 Å². The zero-order chi connectivity index (χ0) is 12.3. The van der Waals surface area contributed by atoms with Crippen LogP contribution in [0, 0.1) is 0 Å². The predicted octanol–water partition coefficient (Wildman–Crippen LogP) is 1.76. The van der Waals surface area contributed by atoms with E-state index in [9.17, 15) is 18.0 Å². The molecular formula is C9H16F3IN2O. The SMILES string of the molecule is CCI(C)N1CCN(C(=O)C(F)(F)F)CC1. The number of amides is 1. The molecule has 0 atom stereocenters. The molecule has 1 saturated heterocycles. The second-order valence-corrected chi connectivity index (χ2v) is 9.59. The Bertz CT molecular complexity index is 252. The van der Waals surface area contributed by atoms with E-state index in [1.807, 2.05) is 0 Å². The molecule has 1 amide bonds. The number of hydrogen-bond acceptors (Lipinski definition) is 2. The molecule has 1 aliphatic heterocycles. The van der Waals surface area contributed by atoms with E-state index in [-0.39, 0.29) is 13.1 Å². The summed E-state index contributed by atoms with van der Waals surface area (Å²) in [5.41, 5.74) is 0. The van der Waals surface area contributed by atoms with Gasteiger partial charge in [-0.15, -0.1) is 0 Å². The number of piperazine rings is 1. The molecule has 0 bridgehead atoms. The summed E-state index contributed by atoms with van der Waals surface area (Å²) in [6, 6.07) is 0. The fourth-order valence-corrected chi connectivity index (χ4v) is 4.57. The van der Waals surface area contributed by atoms with Gasteiger partial charge in [-0.3, -0.25) is 0 Å². The van der Waals surface area contributed by atoms with E-state index in [2.05, 4.69) is 15.0 Å². The predicted molar refractivity (Wildman–Crippen MR) is 64.7 cm³/mol. The van der Waals surface area contributed by atoms with Gasteiger partial charge >= 0.3 is 101 Å². The van der Waals surface area contributed by atoms with Crippen LogP contribution in [-0.4, -0.2) is 55.6 Å². The van der Waals surface area contributed by atoms with Crippen molar-refractivity contribution in [1.82, 2.24) is 8.01 Å².